The van der Waals surface area contributed by atoms with E-state index < -0.39 is 41.4 Å². The number of H-pyrrole nitrogens is 1. The summed E-state index contributed by atoms with van der Waals surface area (Å²) in [7, 11) is 0. The smallest absolute Gasteiger partial charge is 0.323 e. The number of aliphatic carboxylic acids is 1. The first kappa shape index (κ1) is 25.0. The molecule has 3 atom stereocenters. The number of nitrogens with zero attached hydrogens (tertiary/aromatic N) is 2. The third-order valence-electron chi connectivity index (χ3n) is 6.23. The number of thioether (sulfide) groups is 1. The van der Waals surface area contributed by atoms with Crippen molar-refractivity contribution in [3.8, 4) is 5.75 Å². The van der Waals surface area contributed by atoms with Crippen molar-refractivity contribution < 1.29 is 33.8 Å². The number of rotatable bonds is 6. The monoisotopic (exact) mass is 597 g/mol. The zero-order valence-corrected chi connectivity index (χ0v) is 21.8. The fraction of sp³-hybridized carbons (Fsp3) is 0.409. The molecule has 2 fully saturated rings. The molecular formula is C22H20BrN3O8S2. The maximum absolute atomic E-state index is 13.4. The molecule has 1 aromatic carbocycles. The number of benzene rings is 1. The number of hydrogen-bond acceptors (Lipinski definition) is 9. The number of aromatic amines is 1. The topological polar surface area (TPSA) is 146 Å². The summed E-state index contributed by atoms with van der Waals surface area (Å²) in [4.78, 5) is 68.1. The van der Waals surface area contributed by atoms with Crippen molar-refractivity contribution in [2.45, 2.75) is 16.2 Å². The second-order valence-electron chi connectivity index (χ2n) is 8.37. The van der Waals surface area contributed by atoms with Gasteiger partial charge in [-0.1, -0.05) is 39.0 Å². The Morgan fingerprint density at radius 1 is 1.19 bits per heavy atom. The molecule has 2 aromatic rings. The molecular weight excluding hydrogens is 578 g/mol. The molecule has 0 bridgehead atoms. The lowest BCUT2D eigenvalue weighted by Gasteiger charge is -2.31. The van der Waals surface area contributed by atoms with E-state index in [0.717, 1.165) is 28.0 Å². The standard InChI is InChI=1S/C22H20BrN3O8S2/c23-10-1-2-12(34-9-13(27)25-3-5-33-6-4-25)11(7-10)15-16-18(35-19-17(15)36-22(32)24-19)21(31)26(20(16)30)8-14(28)29/h1-2,7,15-16,18H,3-6,8-9H2,(H,24,32)(H,28,29)/t15-,16?,18?/m1/s1. The first-order chi connectivity index (χ1) is 17.2. The van der Waals surface area contributed by atoms with Crippen molar-refractivity contribution in [2.24, 2.45) is 5.92 Å². The number of carbonyl (C=O) groups is 4. The van der Waals surface area contributed by atoms with Crippen LogP contribution in [0.3, 0.4) is 0 Å². The average molecular weight is 598 g/mol. The molecule has 1 aromatic heterocycles. The lowest BCUT2D eigenvalue weighted by atomic mass is 9.82. The van der Waals surface area contributed by atoms with Gasteiger partial charge in [-0.3, -0.25) is 28.9 Å². The maximum atomic E-state index is 13.4. The molecule has 11 nitrogen and oxygen atoms in total. The summed E-state index contributed by atoms with van der Waals surface area (Å²) >= 11 is 5.43. The predicted molar refractivity (Wildman–Crippen MR) is 131 cm³/mol. The summed E-state index contributed by atoms with van der Waals surface area (Å²) in [5.41, 5.74) is 0.518. The third-order valence-corrected chi connectivity index (χ3v) is 9.12. The summed E-state index contributed by atoms with van der Waals surface area (Å²) in [5.74, 6) is -4.10. The lowest BCUT2D eigenvalue weighted by Crippen LogP contribution is -2.43. The van der Waals surface area contributed by atoms with Crippen LogP contribution in [0.15, 0.2) is 32.5 Å². The molecule has 14 heteroatoms. The second-order valence-corrected chi connectivity index (χ2v) is 11.5. The fourth-order valence-electron chi connectivity index (χ4n) is 4.64. The Hall–Kier alpha value is -2.68. The van der Waals surface area contributed by atoms with E-state index in [1.165, 1.54) is 0 Å². The molecule has 0 saturated carbocycles. The highest BCUT2D eigenvalue weighted by Gasteiger charge is 2.56. The van der Waals surface area contributed by atoms with Crippen LogP contribution in [-0.4, -0.2) is 88.3 Å². The lowest BCUT2D eigenvalue weighted by molar-refractivity contribution is -0.149. The second kappa shape index (κ2) is 10.00. The summed E-state index contributed by atoms with van der Waals surface area (Å²) < 4.78 is 11.9. The Labute approximate surface area is 220 Å². The molecule has 2 saturated heterocycles. The first-order valence-corrected chi connectivity index (χ1v) is 13.5. The van der Waals surface area contributed by atoms with E-state index in [0.29, 0.717) is 52.0 Å². The Bertz CT molecular complexity index is 1300. The number of aromatic nitrogens is 1. The summed E-state index contributed by atoms with van der Waals surface area (Å²) in [6, 6.07) is 5.12. The zero-order valence-electron chi connectivity index (χ0n) is 18.6. The average Bonchev–Trinajstić information content (AvgIpc) is 3.34. The molecule has 4 heterocycles. The van der Waals surface area contributed by atoms with E-state index in [1.807, 2.05) is 0 Å². The van der Waals surface area contributed by atoms with Crippen LogP contribution in [0.4, 0.5) is 0 Å². The van der Waals surface area contributed by atoms with Gasteiger partial charge in [-0.05, 0) is 18.2 Å². The number of hydrogen-bond donors (Lipinski definition) is 2. The van der Waals surface area contributed by atoms with Crippen molar-refractivity contribution >= 4 is 62.7 Å². The van der Waals surface area contributed by atoms with Crippen LogP contribution in [0.1, 0.15) is 16.4 Å². The molecule has 0 aliphatic carbocycles. The van der Waals surface area contributed by atoms with Crippen LogP contribution in [0, 0.1) is 5.92 Å². The van der Waals surface area contributed by atoms with Gasteiger partial charge in [0.15, 0.2) is 6.61 Å². The van der Waals surface area contributed by atoms with E-state index in [2.05, 4.69) is 20.9 Å². The minimum atomic E-state index is -1.30. The predicted octanol–water partition coefficient (Wildman–Crippen LogP) is 1.11. The van der Waals surface area contributed by atoms with E-state index in [4.69, 9.17) is 9.47 Å². The van der Waals surface area contributed by atoms with Crippen LogP contribution in [0.2, 0.25) is 0 Å². The van der Waals surface area contributed by atoms with Gasteiger partial charge in [0.2, 0.25) is 11.8 Å². The van der Waals surface area contributed by atoms with Crippen LogP contribution in [0.25, 0.3) is 0 Å². The number of fused-ring (bicyclic) bond motifs is 2. The van der Waals surface area contributed by atoms with Crippen molar-refractivity contribution in [2.75, 3.05) is 39.5 Å². The third kappa shape index (κ3) is 4.58. The largest absolute Gasteiger partial charge is 0.483 e. The molecule has 0 spiro atoms. The van der Waals surface area contributed by atoms with Crippen molar-refractivity contribution in [1.82, 2.24) is 14.8 Å². The molecule has 3 amide bonds. The number of nitrogens with one attached hydrogen (secondary N) is 1. The number of imide groups is 1. The summed E-state index contributed by atoms with van der Waals surface area (Å²) in [6.45, 7) is 0.869. The van der Waals surface area contributed by atoms with Gasteiger partial charge in [-0.2, -0.15) is 0 Å². The number of thiazole rings is 1. The van der Waals surface area contributed by atoms with Gasteiger partial charge in [0.25, 0.3) is 5.91 Å². The highest BCUT2D eigenvalue weighted by atomic mass is 79.9. The highest BCUT2D eigenvalue weighted by Crippen LogP contribution is 2.54. The van der Waals surface area contributed by atoms with E-state index in [1.54, 1.807) is 23.1 Å². The number of ether oxygens (including phenoxy) is 2. The number of carbonyl (C=O) groups excluding carboxylic acids is 3. The van der Waals surface area contributed by atoms with Crippen LogP contribution >= 0.6 is 39.0 Å². The molecule has 2 unspecified atom stereocenters. The van der Waals surface area contributed by atoms with Crippen molar-refractivity contribution in [1.29, 1.82) is 0 Å². The van der Waals surface area contributed by atoms with Gasteiger partial charge in [-0.25, -0.2) is 0 Å². The fourth-order valence-corrected chi connectivity index (χ4v) is 7.54. The number of likely N-dealkylation sites (tertiary alicyclic amines) is 1. The van der Waals surface area contributed by atoms with Crippen molar-refractivity contribution in [3.05, 3.63) is 42.8 Å². The molecule has 0 radical (unpaired) electrons. The summed E-state index contributed by atoms with van der Waals surface area (Å²) in [5, 5.41) is 8.80. The Morgan fingerprint density at radius 3 is 2.67 bits per heavy atom. The van der Waals surface area contributed by atoms with Crippen LogP contribution < -0.4 is 9.61 Å². The zero-order chi connectivity index (χ0) is 25.6. The number of carboxylic acids is 1. The van der Waals surface area contributed by atoms with Crippen molar-refractivity contribution in [3.63, 3.8) is 0 Å². The van der Waals surface area contributed by atoms with Gasteiger partial charge in [0.05, 0.1) is 24.2 Å². The molecule has 190 valence electrons. The SMILES string of the molecule is O=C(O)CN1C(=O)C2Sc3[nH]c(=O)sc3[C@H](c3cc(Br)ccc3OCC(=O)N3CCOCC3)C2C1=O. The molecule has 3 aliphatic rings. The van der Waals surface area contributed by atoms with Crippen LogP contribution in [0.5, 0.6) is 5.75 Å². The quantitative estimate of drug-likeness (QED) is 0.467. The molecule has 36 heavy (non-hydrogen) atoms. The highest BCUT2D eigenvalue weighted by molar-refractivity contribution is 9.10. The molecule has 3 aliphatic heterocycles. The van der Waals surface area contributed by atoms with Gasteiger partial charge < -0.3 is 24.5 Å². The minimum absolute atomic E-state index is 0.212. The van der Waals surface area contributed by atoms with E-state index in [9.17, 15) is 29.1 Å². The normalized spacial score (nSPS) is 23.4. The summed E-state index contributed by atoms with van der Waals surface area (Å²) in [6.07, 6.45) is 0. The van der Waals surface area contributed by atoms with E-state index >= 15 is 0 Å². The Balaban J connectivity index is 1.53. The first-order valence-electron chi connectivity index (χ1n) is 11.0. The van der Waals surface area contributed by atoms with Gasteiger partial charge in [0, 0.05) is 33.9 Å². The number of halogens is 1. The Kier molecular flexibility index (Phi) is 6.94. The minimum Gasteiger partial charge on any atom is -0.483 e. The van der Waals surface area contributed by atoms with Gasteiger partial charge >= 0.3 is 10.8 Å². The van der Waals surface area contributed by atoms with Crippen LogP contribution in [-0.2, 0) is 23.9 Å². The van der Waals surface area contributed by atoms with Gasteiger partial charge in [0.1, 0.15) is 17.5 Å². The van der Waals surface area contributed by atoms with E-state index in [-0.39, 0.29) is 17.4 Å². The Morgan fingerprint density at radius 2 is 1.94 bits per heavy atom. The number of amides is 3. The molecule has 2 N–H and O–H groups in total. The number of carboxylic acid groups (broad SMARTS) is 1. The molecule has 5 rings (SSSR count). The van der Waals surface area contributed by atoms with Gasteiger partial charge in [-0.15, -0.1) is 0 Å². The number of morpholine rings is 1. The maximum Gasteiger partial charge on any atom is 0.323 e.